The molecule has 4 nitrogen and oxygen atoms in total. The molecule has 0 saturated carbocycles. The van der Waals surface area contributed by atoms with E-state index >= 15 is 0 Å². The predicted octanol–water partition coefficient (Wildman–Crippen LogP) is 2.48. The molecule has 0 aliphatic carbocycles. The topological polar surface area (TPSA) is 31.4 Å². The summed E-state index contributed by atoms with van der Waals surface area (Å²) in [5.74, 6) is 0.909. The Hall–Kier alpha value is -0.840. The van der Waals surface area contributed by atoms with E-state index in [1.54, 1.807) is 0 Å². The second-order valence-corrected chi connectivity index (χ2v) is 6.45. The van der Waals surface area contributed by atoms with E-state index in [0.717, 1.165) is 36.2 Å². The summed E-state index contributed by atoms with van der Waals surface area (Å²) in [6.45, 7) is 5.15. The van der Waals surface area contributed by atoms with Gasteiger partial charge in [-0.15, -0.1) is 0 Å². The molecule has 1 fully saturated rings. The van der Waals surface area contributed by atoms with E-state index in [9.17, 15) is 0 Å². The Labute approximate surface area is 127 Å². The number of nitrogens with zero attached hydrogens (tertiary/aromatic N) is 3. The summed E-state index contributed by atoms with van der Waals surface area (Å²) in [5.41, 5.74) is 1.08. The average molecular weight is 297 g/mol. The van der Waals surface area contributed by atoms with Crippen LogP contribution in [0.25, 0.3) is 0 Å². The van der Waals surface area contributed by atoms with Gasteiger partial charge in [0.25, 0.3) is 0 Å². The van der Waals surface area contributed by atoms with Crippen molar-refractivity contribution in [1.29, 1.82) is 0 Å². The van der Waals surface area contributed by atoms with Crippen LogP contribution in [-0.2, 0) is 0 Å². The summed E-state index contributed by atoms with van der Waals surface area (Å²) in [4.78, 5) is 9.24. The second kappa shape index (κ2) is 6.29. The number of halogens is 1. The number of rotatable bonds is 4. The molecule has 0 amide bonds. The largest absolute Gasteiger partial charge is 0.368 e. The fraction of sp³-hybridized carbons (Fsp3) is 0.667. The lowest BCUT2D eigenvalue weighted by atomic mass is 9.86. The summed E-state index contributed by atoms with van der Waals surface area (Å²) in [6.07, 6.45) is 2.35. The molecule has 112 valence electrons. The van der Waals surface area contributed by atoms with Gasteiger partial charge in [-0.2, -0.15) is 0 Å². The zero-order valence-corrected chi connectivity index (χ0v) is 13.7. The maximum absolute atomic E-state index is 6.02. The molecule has 2 heterocycles. The lowest BCUT2D eigenvalue weighted by Gasteiger charge is -2.45. The first-order valence-corrected chi connectivity index (χ1v) is 7.54. The molecule has 1 N–H and O–H groups in total. The summed E-state index contributed by atoms with van der Waals surface area (Å²) < 4.78 is 0. The number of nitrogens with one attached hydrogen (secondary N) is 1. The minimum absolute atomic E-state index is 0.210. The monoisotopic (exact) mass is 296 g/mol. The van der Waals surface area contributed by atoms with Crippen LogP contribution in [0.4, 0.5) is 5.82 Å². The number of anilines is 1. The Morgan fingerprint density at radius 2 is 2.00 bits per heavy atom. The highest BCUT2D eigenvalue weighted by Gasteiger charge is 2.35. The van der Waals surface area contributed by atoms with Gasteiger partial charge in [-0.25, -0.2) is 4.98 Å². The second-order valence-electron chi connectivity index (χ2n) is 6.04. The molecule has 1 saturated heterocycles. The van der Waals surface area contributed by atoms with Crippen molar-refractivity contribution in [2.75, 3.05) is 46.1 Å². The molecule has 0 unspecified atom stereocenters. The third-order valence-corrected chi connectivity index (χ3v) is 4.89. The number of pyridine rings is 1. The van der Waals surface area contributed by atoms with Crippen molar-refractivity contribution >= 4 is 17.4 Å². The molecule has 0 atom stereocenters. The molecular weight excluding hydrogens is 272 g/mol. The van der Waals surface area contributed by atoms with Crippen LogP contribution < -0.4 is 5.32 Å². The van der Waals surface area contributed by atoms with E-state index in [2.05, 4.69) is 41.2 Å². The van der Waals surface area contributed by atoms with Gasteiger partial charge in [0.15, 0.2) is 0 Å². The Kier molecular flexibility index (Phi) is 4.89. The van der Waals surface area contributed by atoms with Gasteiger partial charge < -0.3 is 15.1 Å². The third-order valence-electron chi connectivity index (χ3n) is 4.49. The minimum atomic E-state index is 0.210. The first-order valence-electron chi connectivity index (χ1n) is 7.16. The van der Waals surface area contributed by atoms with Crippen LogP contribution in [0, 0.1) is 6.92 Å². The molecule has 0 bridgehead atoms. The van der Waals surface area contributed by atoms with E-state index in [0.29, 0.717) is 0 Å². The quantitative estimate of drug-likeness (QED) is 0.925. The van der Waals surface area contributed by atoms with Crippen LogP contribution in [0.2, 0.25) is 5.02 Å². The van der Waals surface area contributed by atoms with Crippen LogP contribution in [-0.4, -0.2) is 61.1 Å². The highest BCUT2D eigenvalue weighted by atomic mass is 35.5. The van der Waals surface area contributed by atoms with Gasteiger partial charge in [-0.3, -0.25) is 0 Å². The SMILES string of the molecule is Cc1nc(NCC2(N(C)C)CCN(C)CC2)ccc1Cl. The Bertz CT molecular complexity index is 453. The average Bonchev–Trinajstić information content (AvgIpc) is 2.42. The fourth-order valence-electron chi connectivity index (χ4n) is 2.71. The maximum atomic E-state index is 6.02. The lowest BCUT2D eigenvalue weighted by molar-refractivity contribution is 0.0773. The number of piperidine rings is 1. The molecule has 1 aliphatic heterocycles. The number of hydrogen-bond donors (Lipinski definition) is 1. The molecular formula is C15H25ClN4. The van der Waals surface area contributed by atoms with Crippen molar-refractivity contribution in [2.45, 2.75) is 25.3 Å². The van der Waals surface area contributed by atoms with E-state index < -0.39 is 0 Å². The van der Waals surface area contributed by atoms with E-state index in [-0.39, 0.29) is 5.54 Å². The van der Waals surface area contributed by atoms with Gasteiger partial charge in [-0.1, -0.05) is 11.6 Å². The smallest absolute Gasteiger partial charge is 0.126 e. The summed E-state index contributed by atoms with van der Waals surface area (Å²) in [7, 11) is 6.54. The molecule has 0 radical (unpaired) electrons. The molecule has 1 aromatic heterocycles. The minimum Gasteiger partial charge on any atom is -0.368 e. The summed E-state index contributed by atoms with van der Waals surface area (Å²) in [5, 5.41) is 4.21. The highest BCUT2D eigenvalue weighted by Crippen LogP contribution is 2.27. The van der Waals surface area contributed by atoms with Gasteiger partial charge in [0.05, 0.1) is 10.7 Å². The van der Waals surface area contributed by atoms with Gasteiger partial charge in [-0.05, 0) is 66.1 Å². The van der Waals surface area contributed by atoms with Crippen molar-refractivity contribution in [1.82, 2.24) is 14.8 Å². The summed E-state index contributed by atoms with van der Waals surface area (Å²) in [6, 6.07) is 3.86. The van der Waals surface area contributed by atoms with Crippen molar-refractivity contribution in [2.24, 2.45) is 0 Å². The van der Waals surface area contributed by atoms with Crippen molar-refractivity contribution in [3.05, 3.63) is 22.8 Å². The number of likely N-dealkylation sites (N-methyl/N-ethyl adjacent to an activating group) is 1. The van der Waals surface area contributed by atoms with Crippen molar-refractivity contribution < 1.29 is 0 Å². The summed E-state index contributed by atoms with van der Waals surface area (Å²) >= 11 is 6.02. The number of likely N-dealkylation sites (tertiary alicyclic amines) is 1. The van der Waals surface area contributed by atoms with Crippen LogP contribution in [0.1, 0.15) is 18.5 Å². The molecule has 0 aromatic carbocycles. The van der Waals surface area contributed by atoms with Gasteiger partial charge in [0.2, 0.25) is 0 Å². The zero-order valence-electron chi connectivity index (χ0n) is 12.9. The number of aromatic nitrogens is 1. The van der Waals surface area contributed by atoms with Crippen molar-refractivity contribution in [3.63, 3.8) is 0 Å². The van der Waals surface area contributed by atoms with Crippen LogP contribution in [0.3, 0.4) is 0 Å². The van der Waals surface area contributed by atoms with E-state index in [1.807, 2.05) is 19.1 Å². The molecule has 5 heteroatoms. The normalized spacial score (nSPS) is 19.3. The first-order chi connectivity index (χ1) is 9.43. The first kappa shape index (κ1) is 15.5. The van der Waals surface area contributed by atoms with Gasteiger partial charge in [0.1, 0.15) is 5.82 Å². The lowest BCUT2D eigenvalue weighted by Crippen LogP contribution is -2.55. The van der Waals surface area contributed by atoms with Gasteiger partial charge in [0, 0.05) is 12.1 Å². The van der Waals surface area contributed by atoms with Crippen LogP contribution >= 0.6 is 11.6 Å². The van der Waals surface area contributed by atoms with E-state index in [4.69, 9.17) is 11.6 Å². The standard InChI is InChI=1S/C15H25ClN4/c1-12-13(16)5-6-14(18-12)17-11-15(19(2)3)7-9-20(4)10-8-15/h5-6H,7-11H2,1-4H3,(H,17,18). The maximum Gasteiger partial charge on any atom is 0.126 e. The number of hydrogen-bond acceptors (Lipinski definition) is 4. The van der Waals surface area contributed by atoms with E-state index in [1.165, 1.54) is 12.8 Å². The third kappa shape index (κ3) is 3.43. The van der Waals surface area contributed by atoms with Crippen molar-refractivity contribution in [3.8, 4) is 0 Å². The van der Waals surface area contributed by atoms with Crippen LogP contribution in [0.15, 0.2) is 12.1 Å². The molecule has 2 rings (SSSR count). The Morgan fingerprint density at radius 1 is 1.35 bits per heavy atom. The molecule has 0 spiro atoms. The Balaban J connectivity index is 2.04. The predicted molar refractivity (Wildman–Crippen MR) is 85.6 cm³/mol. The fourth-order valence-corrected chi connectivity index (χ4v) is 2.82. The molecule has 20 heavy (non-hydrogen) atoms. The van der Waals surface area contributed by atoms with Gasteiger partial charge >= 0.3 is 0 Å². The number of aryl methyl sites for hydroxylation is 1. The molecule has 1 aromatic rings. The Morgan fingerprint density at radius 3 is 2.55 bits per heavy atom. The van der Waals surface area contributed by atoms with Crippen LogP contribution in [0.5, 0.6) is 0 Å². The molecule has 1 aliphatic rings. The highest BCUT2D eigenvalue weighted by molar-refractivity contribution is 6.31. The zero-order chi connectivity index (χ0) is 14.8.